The highest BCUT2D eigenvalue weighted by Gasteiger charge is 2.22. The minimum atomic E-state index is -0.270. The Bertz CT molecular complexity index is 1640. The fourth-order valence-electron chi connectivity index (χ4n) is 4.89. The summed E-state index contributed by atoms with van der Waals surface area (Å²) in [7, 11) is 3.70. The van der Waals surface area contributed by atoms with E-state index in [-0.39, 0.29) is 17.2 Å². The van der Waals surface area contributed by atoms with Gasteiger partial charge in [-0.15, -0.1) is 11.3 Å². The van der Waals surface area contributed by atoms with E-state index >= 15 is 0 Å². The van der Waals surface area contributed by atoms with Crippen LogP contribution >= 0.6 is 23.3 Å². The number of anilines is 4. The molecule has 1 saturated heterocycles. The predicted octanol–water partition coefficient (Wildman–Crippen LogP) is 6.37. The third-order valence-electron chi connectivity index (χ3n) is 7.44. The summed E-state index contributed by atoms with van der Waals surface area (Å²) in [4.78, 5) is 33.9. The predicted molar refractivity (Wildman–Crippen MR) is 183 cm³/mol. The lowest BCUT2D eigenvalue weighted by Crippen LogP contribution is -2.47. The first-order chi connectivity index (χ1) is 21.0. The molecule has 12 heteroatoms. The van der Waals surface area contributed by atoms with Crippen LogP contribution in [0.5, 0.6) is 5.75 Å². The topological polar surface area (TPSA) is 111 Å². The molecule has 2 aromatic carbocycles. The van der Waals surface area contributed by atoms with Crippen molar-refractivity contribution in [1.29, 1.82) is 0 Å². The molecule has 2 aromatic heterocycles. The summed E-state index contributed by atoms with van der Waals surface area (Å²) in [6, 6.07) is 15.0. The van der Waals surface area contributed by atoms with Gasteiger partial charge in [0, 0.05) is 38.6 Å². The fourth-order valence-corrected chi connectivity index (χ4v) is 6.28. The van der Waals surface area contributed by atoms with Crippen molar-refractivity contribution in [2.24, 2.45) is 0 Å². The van der Waals surface area contributed by atoms with E-state index < -0.39 is 0 Å². The van der Waals surface area contributed by atoms with E-state index in [1.807, 2.05) is 48.7 Å². The van der Waals surface area contributed by atoms with Crippen LogP contribution in [-0.4, -0.2) is 73.3 Å². The Labute approximate surface area is 266 Å². The molecule has 1 aliphatic heterocycles. The van der Waals surface area contributed by atoms with Gasteiger partial charge in [-0.05, 0) is 59.8 Å². The number of nitrogens with one attached hydrogen (secondary N) is 4. The SMILES string of the molecule is COc1c(NSC)cc(C(C)(C)C)cc1NC(=O)c1cc2cccc(NC(=O)c3ccc(NN4CCN(C)CC4)nc3)c2s1. The van der Waals surface area contributed by atoms with Crippen molar-refractivity contribution in [1.82, 2.24) is 14.9 Å². The normalized spacial score (nSPS) is 14.3. The number of fused-ring (bicyclic) bond motifs is 1. The molecule has 1 aliphatic rings. The van der Waals surface area contributed by atoms with E-state index in [9.17, 15) is 9.59 Å². The molecule has 0 aliphatic carbocycles. The minimum Gasteiger partial charge on any atom is -0.492 e. The number of ether oxygens (including phenoxy) is 1. The quantitative estimate of drug-likeness (QED) is 0.156. The van der Waals surface area contributed by atoms with Crippen molar-refractivity contribution in [3.63, 3.8) is 0 Å². The van der Waals surface area contributed by atoms with E-state index in [0.717, 1.165) is 47.5 Å². The van der Waals surface area contributed by atoms with Crippen LogP contribution in [0.1, 0.15) is 46.4 Å². The molecule has 2 amide bonds. The van der Waals surface area contributed by atoms with Gasteiger partial charge in [-0.25, -0.2) is 9.99 Å². The van der Waals surface area contributed by atoms with Crippen LogP contribution in [0.2, 0.25) is 0 Å². The first-order valence-electron chi connectivity index (χ1n) is 14.4. The fraction of sp³-hybridized carbons (Fsp3) is 0.344. The number of hydrogen-bond donors (Lipinski definition) is 4. The van der Waals surface area contributed by atoms with Crippen LogP contribution in [0.4, 0.5) is 22.9 Å². The van der Waals surface area contributed by atoms with Gasteiger partial charge in [0.1, 0.15) is 5.82 Å². The van der Waals surface area contributed by atoms with Crippen molar-refractivity contribution < 1.29 is 14.3 Å². The van der Waals surface area contributed by atoms with E-state index in [2.05, 4.69) is 63.5 Å². The summed E-state index contributed by atoms with van der Waals surface area (Å²) < 4.78 is 9.78. The van der Waals surface area contributed by atoms with Crippen molar-refractivity contribution in [3.05, 3.63) is 70.7 Å². The molecule has 0 bridgehead atoms. The van der Waals surface area contributed by atoms with Crippen molar-refractivity contribution in [2.75, 3.05) is 67.4 Å². The zero-order chi connectivity index (χ0) is 31.4. The summed E-state index contributed by atoms with van der Waals surface area (Å²) >= 11 is 2.78. The average Bonchev–Trinajstić information content (AvgIpc) is 3.44. The van der Waals surface area contributed by atoms with Gasteiger partial charge in [-0.1, -0.05) is 44.9 Å². The molecule has 10 nitrogen and oxygen atoms in total. The first-order valence-corrected chi connectivity index (χ1v) is 16.4. The number of thiophene rings is 1. The largest absolute Gasteiger partial charge is 0.492 e. The molecule has 0 unspecified atom stereocenters. The molecule has 4 N–H and O–H groups in total. The highest BCUT2D eigenvalue weighted by molar-refractivity contribution is 7.99. The van der Waals surface area contributed by atoms with Crippen molar-refractivity contribution in [2.45, 2.75) is 26.2 Å². The lowest BCUT2D eigenvalue weighted by Gasteiger charge is -2.32. The molecular weight excluding hydrogens is 595 g/mol. The summed E-state index contributed by atoms with van der Waals surface area (Å²) in [5.74, 6) is 0.736. The van der Waals surface area contributed by atoms with Gasteiger partial charge in [0.05, 0.1) is 39.3 Å². The number of rotatable bonds is 9. The lowest BCUT2D eigenvalue weighted by atomic mass is 9.86. The Morgan fingerprint density at radius 1 is 0.955 bits per heavy atom. The number of benzene rings is 2. The third kappa shape index (κ3) is 7.27. The Hall–Kier alpha value is -3.84. The Kier molecular flexibility index (Phi) is 9.64. The molecule has 4 aromatic rings. The molecule has 5 rings (SSSR count). The number of likely N-dealkylation sites (N-methyl/N-ethyl adjacent to an activating group) is 1. The highest BCUT2D eigenvalue weighted by Crippen LogP contribution is 2.40. The van der Waals surface area contributed by atoms with E-state index in [4.69, 9.17) is 4.74 Å². The van der Waals surface area contributed by atoms with Gasteiger partial charge in [-0.2, -0.15) is 0 Å². The van der Waals surface area contributed by atoms with Gasteiger partial charge in [0.2, 0.25) is 0 Å². The van der Waals surface area contributed by atoms with Gasteiger partial charge >= 0.3 is 0 Å². The second-order valence-electron chi connectivity index (χ2n) is 11.7. The zero-order valence-electron chi connectivity index (χ0n) is 25.9. The molecule has 232 valence electrons. The number of piperazine rings is 1. The molecule has 0 atom stereocenters. The van der Waals surface area contributed by atoms with Gasteiger partial charge in [-0.3, -0.25) is 9.59 Å². The molecule has 0 spiro atoms. The summed E-state index contributed by atoms with van der Waals surface area (Å²) in [6.45, 7) is 10.2. The maximum absolute atomic E-state index is 13.5. The molecule has 3 heterocycles. The van der Waals surface area contributed by atoms with E-state index in [1.165, 1.54) is 23.3 Å². The van der Waals surface area contributed by atoms with Crippen LogP contribution in [0.3, 0.4) is 0 Å². The number of carbonyl (C=O) groups is 2. The minimum absolute atomic E-state index is 0.137. The Balaban J connectivity index is 1.32. The van der Waals surface area contributed by atoms with Gasteiger partial charge < -0.3 is 30.4 Å². The summed E-state index contributed by atoms with van der Waals surface area (Å²) in [5, 5.41) is 9.06. The molecule has 0 radical (unpaired) electrons. The Morgan fingerprint density at radius 3 is 2.34 bits per heavy atom. The highest BCUT2D eigenvalue weighted by atomic mass is 32.2. The first kappa shape index (κ1) is 31.6. The van der Waals surface area contributed by atoms with Crippen LogP contribution in [-0.2, 0) is 5.41 Å². The molecule has 0 saturated carbocycles. The second kappa shape index (κ2) is 13.4. The number of hydrogen-bond acceptors (Lipinski definition) is 10. The van der Waals surface area contributed by atoms with Crippen LogP contribution in [0.15, 0.2) is 54.7 Å². The second-order valence-corrected chi connectivity index (χ2v) is 13.4. The third-order valence-corrected chi connectivity index (χ3v) is 9.04. The number of carbonyl (C=O) groups excluding carboxylic acids is 2. The van der Waals surface area contributed by atoms with Gasteiger partial charge in [0.25, 0.3) is 11.8 Å². The van der Waals surface area contributed by atoms with Crippen LogP contribution < -0.4 is 25.5 Å². The van der Waals surface area contributed by atoms with E-state index in [1.54, 1.807) is 19.4 Å². The Morgan fingerprint density at radius 2 is 1.68 bits per heavy atom. The number of nitrogens with zero attached hydrogens (tertiary/aromatic N) is 3. The maximum atomic E-state index is 13.5. The number of pyridine rings is 1. The molecule has 1 fully saturated rings. The van der Waals surface area contributed by atoms with E-state index in [0.29, 0.717) is 33.4 Å². The van der Waals surface area contributed by atoms with Crippen molar-refractivity contribution >= 4 is 68.1 Å². The number of amides is 2. The van der Waals surface area contributed by atoms with Crippen LogP contribution in [0, 0.1) is 0 Å². The molecule has 44 heavy (non-hydrogen) atoms. The maximum Gasteiger partial charge on any atom is 0.265 e. The number of hydrazine groups is 1. The number of methoxy groups -OCH3 is 1. The molecular formula is C32H39N7O3S2. The zero-order valence-corrected chi connectivity index (χ0v) is 27.5. The average molecular weight is 634 g/mol. The smallest absolute Gasteiger partial charge is 0.265 e. The summed E-state index contributed by atoms with van der Waals surface area (Å²) in [5.41, 5.74) is 6.70. The monoisotopic (exact) mass is 633 g/mol. The number of aromatic nitrogens is 1. The lowest BCUT2D eigenvalue weighted by molar-refractivity contribution is 0.102. The van der Waals surface area contributed by atoms with Crippen molar-refractivity contribution in [3.8, 4) is 5.75 Å². The summed E-state index contributed by atoms with van der Waals surface area (Å²) in [6.07, 6.45) is 3.51. The van der Waals surface area contributed by atoms with Crippen LogP contribution in [0.25, 0.3) is 10.1 Å². The van der Waals surface area contributed by atoms with Gasteiger partial charge in [0.15, 0.2) is 5.75 Å². The standard InChI is InChI=1S/C32H39N7O3S2/c1-32(2,3)22-17-24(28(42-5)25(18-22)37-43-6)35-31(41)26-16-20-8-7-9-23(29(20)44-26)34-30(40)21-10-11-27(33-19-21)36-39-14-12-38(4)13-15-39/h7-11,16-19,37H,12-15H2,1-6H3,(H,33,36)(H,34,40)(H,35,41).